The lowest BCUT2D eigenvalue weighted by Crippen LogP contribution is -2.68. The number of carbonyl (C=O) groups is 2. The average molecular weight is 250 g/mol. The standard InChI is InChI=1S/C14H22N2O2/c1-3-7-11(2)16-10-12(17)15-14(13(16)18)8-5-4-6-9-14/h3,11H,1,4-10H2,2H3,(H,15,17). The first-order valence-corrected chi connectivity index (χ1v) is 6.82. The van der Waals surface area contributed by atoms with Crippen LogP contribution in [0.4, 0.5) is 0 Å². The molecule has 1 atom stereocenters. The first-order valence-electron chi connectivity index (χ1n) is 6.82. The van der Waals surface area contributed by atoms with E-state index in [1.807, 2.05) is 6.92 Å². The molecule has 1 unspecified atom stereocenters. The van der Waals surface area contributed by atoms with E-state index in [0.29, 0.717) is 0 Å². The van der Waals surface area contributed by atoms with Crippen molar-refractivity contribution < 1.29 is 9.59 Å². The second kappa shape index (κ2) is 5.12. The topological polar surface area (TPSA) is 49.4 Å². The van der Waals surface area contributed by atoms with Crippen molar-refractivity contribution in [3.05, 3.63) is 12.7 Å². The summed E-state index contributed by atoms with van der Waals surface area (Å²) in [6.45, 7) is 5.88. The van der Waals surface area contributed by atoms with Gasteiger partial charge in [-0.1, -0.05) is 25.3 Å². The lowest BCUT2D eigenvalue weighted by atomic mass is 9.79. The minimum atomic E-state index is -0.608. The molecule has 1 N–H and O–H groups in total. The van der Waals surface area contributed by atoms with Gasteiger partial charge in [0.05, 0.1) is 6.54 Å². The summed E-state index contributed by atoms with van der Waals surface area (Å²) in [5, 5.41) is 2.95. The van der Waals surface area contributed by atoms with E-state index in [4.69, 9.17) is 0 Å². The van der Waals surface area contributed by atoms with Gasteiger partial charge in [-0.05, 0) is 26.2 Å². The lowest BCUT2D eigenvalue weighted by molar-refractivity contribution is -0.153. The van der Waals surface area contributed by atoms with Crippen molar-refractivity contribution in [1.29, 1.82) is 0 Å². The second-order valence-electron chi connectivity index (χ2n) is 5.50. The summed E-state index contributed by atoms with van der Waals surface area (Å²) in [6.07, 6.45) is 7.31. The number of rotatable bonds is 3. The third-order valence-corrected chi connectivity index (χ3v) is 4.11. The molecule has 2 rings (SSSR count). The maximum atomic E-state index is 12.6. The second-order valence-corrected chi connectivity index (χ2v) is 5.50. The van der Waals surface area contributed by atoms with E-state index in [1.165, 1.54) is 0 Å². The van der Waals surface area contributed by atoms with Crippen LogP contribution in [0.2, 0.25) is 0 Å². The van der Waals surface area contributed by atoms with E-state index in [0.717, 1.165) is 38.5 Å². The highest BCUT2D eigenvalue weighted by atomic mass is 16.2. The summed E-state index contributed by atoms with van der Waals surface area (Å²) in [7, 11) is 0. The van der Waals surface area contributed by atoms with Gasteiger partial charge in [0.2, 0.25) is 11.8 Å². The van der Waals surface area contributed by atoms with Crippen molar-refractivity contribution in [2.75, 3.05) is 6.54 Å². The van der Waals surface area contributed by atoms with Crippen molar-refractivity contribution in [2.24, 2.45) is 0 Å². The molecule has 100 valence electrons. The minimum absolute atomic E-state index is 0.0209. The molecule has 4 nitrogen and oxygen atoms in total. The molecule has 4 heteroatoms. The summed E-state index contributed by atoms with van der Waals surface area (Å²) in [5.74, 6) is 0.0866. The van der Waals surface area contributed by atoms with E-state index < -0.39 is 5.54 Å². The number of nitrogens with zero attached hydrogens (tertiary/aromatic N) is 1. The van der Waals surface area contributed by atoms with E-state index in [9.17, 15) is 9.59 Å². The summed E-state index contributed by atoms with van der Waals surface area (Å²) in [5.41, 5.74) is -0.608. The number of hydrogen-bond donors (Lipinski definition) is 1. The Bertz CT molecular complexity index is 359. The Morgan fingerprint density at radius 1 is 1.39 bits per heavy atom. The van der Waals surface area contributed by atoms with E-state index >= 15 is 0 Å². The third kappa shape index (κ3) is 2.28. The number of hydrogen-bond acceptors (Lipinski definition) is 2. The Morgan fingerprint density at radius 3 is 2.67 bits per heavy atom. The molecule has 0 aromatic heterocycles. The number of piperazine rings is 1. The third-order valence-electron chi connectivity index (χ3n) is 4.11. The number of nitrogens with one attached hydrogen (secondary N) is 1. The van der Waals surface area contributed by atoms with Gasteiger partial charge in [0.25, 0.3) is 0 Å². The molecular weight excluding hydrogens is 228 g/mol. The number of carbonyl (C=O) groups excluding carboxylic acids is 2. The van der Waals surface area contributed by atoms with Gasteiger partial charge in [0.1, 0.15) is 5.54 Å². The Balaban J connectivity index is 2.19. The van der Waals surface area contributed by atoms with Gasteiger partial charge in [-0.25, -0.2) is 0 Å². The summed E-state index contributed by atoms with van der Waals surface area (Å²) >= 11 is 0. The van der Waals surface area contributed by atoms with Gasteiger partial charge in [0, 0.05) is 6.04 Å². The minimum Gasteiger partial charge on any atom is -0.340 e. The molecule has 1 saturated heterocycles. The molecule has 1 heterocycles. The first-order chi connectivity index (χ1) is 8.59. The van der Waals surface area contributed by atoms with Crippen LogP contribution in [-0.2, 0) is 9.59 Å². The Morgan fingerprint density at radius 2 is 2.06 bits per heavy atom. The summed E-state index contributed by atoms with van der Waals surface area (Å²) in [4.78, 5) is 26.2. The molecule has 1 aliphatic carbocycles. The van der Waals surface area contributed by atoms with Gasteiger partial charge in [-0.2, -0.15) is 0 Å². The highest BCUT2D eigenvalue weighted by Crippen LogP contribution is 2.32. The van der Waals surface area contributed by atoms with Crippen LogP contribution in [0.5, 0.6) is 0 Å². The SMILES string of the molecule is C=CCC(C)N1CC(=O)NC2(CCCCC2)C1=O. The molecule has 0 aromatic carbocycles. The molecular formula is C14H22N2O2. The lowest BCUT2D eigenvalue weighted by Gasteiger charge is -2.45. The van der Waals surface area contributed by atoms with Gasteiger partial charge in [0.15, 0.2) is 0 Å². The van der Waals surface area contributed by atoms with Crippen LogP contribution in [0, 0.1) is 0 Å². The summed E-state index contributed by atoms with van der Waals surface area (Å²) in [6, 6.07) is 0.0554. The predicted molar refractivity (Wildman–Crippen MR) is 69.9 cm³/mol. The van der Waals surface area contributed by atoms with Crippen LogP contribution < -0.4 is 5.32 Å². The maximum absolute atomic E-state index is 12.6. The average Bonchev–Trinajstić information content (AvgIpc) is 2.35. The molecule has 0 radical (unpaired) electrons. The first kappa shape index (κ1) is 13.1. The fraction of sp³-hybridized carbons (Fsp3) is 0.714. The van der Waals surface area contributed by atoms with Crippen LogP contribution in [0.25, 0.3) is 0 Å². The van der Waals surface area contributed by atoms with Crippen molar-refractivity contribution in [2.45, 2.75) is 57.0 Å². The molecule has 18 heavy (non-hydrogen) atoms. The highest BCUT2D eigenvalue weighted by Gasteiger charge is 2.47. The molecule has 2 aliphatic rings. The molecule has 1 spiro atoms. The van der Waals surface area contributed by atoms with Crippen LogP contribution in [0.3, 0.4) is 0 Å². The molecule has 1 aliphatic heterocycles. The van der Waals surface area contributed by atoms with Crippen LogP contribution in [0.15, 0.2) is 12.7 Å². The predicted octanol–water partition coefficient (Wildman–Crippen LogP) is 1.61. The largest absolute Gasteiger partial charge is 0.340 e. The van der Waals surface area contributed by atoms with Gasteiger partial charge >= 0.3 is 0 Å². The smallest absolute Gasteiger partial charge is 0.249 e. The van der Waals surface area contributed by atoms with Gasteiger partial charge < -0.3 is 10.2 Å². The Kier molecular flexibility index (Phi) is 3.73. The zero-order valence-electron chi connectivity index (χ0n) is 11.1. The van der Waals surface area contributed by atoms with Crippen LogP contribution in [0.1, 0.15) is 45.4 Å². The monoisotopic (exact) mass is 250 g/mol. The fourth-order valence-electron chi connectivity index (χ4n) is 3.08. The van der Waals surface area contributed by atoms with Crippen LogP contribution >= 0.6 is 0 Å². The van der Waals surface area contributed by atoms with Gasteiger partial charge in [-0.3, -0.25) is 9.59 Å². The molecule has 2 amide bonds. The fourth-order valence-corrected chi connectivity index (χ4v) is 3.08. The molecule has 2 fully saturated rings. The maximum Gasteiger partial charge on any atom is 0.249 e. The van der Waals surface area contributed by atoms with E-state index in [1.54, 1.807) is 11.0 Å². The zero-order valence-corrected chi connectivity index (χ0v) is 11.1. The zero-order chi connectivity index (χ0) is 13.2. The molecule has 0 bridgehead atoms. The molecule has 0 aromatic rings. The van der Waals surface area contributed by atoms with Crippen molar-refractivity contribution >= 4 is 11.8 Å². The molecule has 1 saturated carbocycles. The van der Waals surface area contributed by atoms with E-state index in [-0.39, 0.29) is 24.4 Å². The Labute approximate surface area is 108 Å². The quantitative estimate of drug-likeness (QED) is 0.774. The Hall–Kier alpha value is -1.32. The van der Waals surface area contributed by atoms with Crippen molar-refractivity contribution in [1.82, 2.24) is 10.2 Å². The van der Waals surface area contributed by atoms with Crippen LogP contribution in [-0.4, -0.2) is 34.8 Å². The number of amides is 2. The normalized spacial score (nSPS) is 24.8. The highest BCUT2D eigenvalue weighted by molar-refractivity contribution is 5.98. The van der Waals surface area contributed by atoms with Crippen molar-refractivity contribution in [3.8, 4) is 0 Å². The summed E-state index contributed by atoms with van der Waals surface area (Å²) < 4.78 is 0. The van der Waals surface area contributed by atoms with E-state index in [2.05, 4.69) is 11.9 Å². The van der Waals surface area contributed by atoms with Gasteiger partial charge in [-0.15, -0.1) is 6.58 Å². The van der Waals surface area contributed by atoms with Crippen molar-refractivity contribution in [3.63, 3.8) is 0 Å².